The molecule has 6 heteroatoms. The number of nitrogens with one attached hydrogen (secondary N) is 1. The number of carbonyl (C=O) groups excluding carboxylic acids is 2. The van der Waals surface area contributed by atoms with Crippen LogP contribution in [0.3, 0.4) is 0 Å². The zero-order valence-electron chi connectivity index (χ0n) is 12.0. The molecule has 2 heterocycles. The molecule has 118 valence electrons. The number of Topliss-reactive ketones (excluding diaryl/α,β-unsaturated/α-hetero) is 1. The van der Waals surface area contributed by atoms with E-state index in [0.29, 0.717) is 6.61 Å². The molecule has 1 N–H and O–H groups in total. The van der Waals surface area contributed by atoms with Crippen LogP contribution in [0.15, 0.2) is 18.2 Å². The Balaban J connectivity index is 1.62. The number of ketones is 1. The Bertz CT molecular complexity index is 598. The summed E-state index contributed by atoms with van der Waals surface area (Å²) in [7, 11) is 0. The van der Waals surface area contributed by atoms with Crippen molar-refractivity contribution < 1.29 is 18.7 Å². The van der Waals surface area contributed by atoms with E-state index in [1.54, 1.807) is 0 Å². The van der Waals surface area contributed by atoms with Crippen molar-refractivity contribution in [3.8, 4) is 0 Å². The average molecular weight is 326 g/mol. The molecule has 0 radical (unpaired) electrons. The maximum absolute atomic E-state index is 13.0. The van der Waals surface area contributed by atoms with Crippen LogP contribution >= 0.6 is 11.6 Å². The minimum Gasteiger partial charge on any atom is -0.377 e. The Morgan fingerprint density at radius 1 is 1.36 bits per heavy atom. The Labute approximate surface area is 133 Å². The SMILES string of the molecule is O=C(CNC(=O)C12CCC(CC1)OC2)c1ccc(F)cc1Cl. The molecule has 4 nitrogen and oxygen atoms in total. The zero-order chi connectivity index (χ0) is 15.7. The van der Waals surface area contributed by atoms with Crippen LogP contribution in [0, 0.1) is 11.2 Å². The van der Waals surface area contributed by atoms with Crippen LogP contribution in [0.1, 0.15) is 36.0 Å². The second-order valence-corrected chi connectivity index (χ2v) is 6.43. The number of rotatable bonds is 4. The average Bonchev–Trinajstić information content (AvgIpc) is 2.54. The minimum absolute atomic E-state index is 0.0546. The zero-order valence-corrected chi connectivity index (χ0v) is 12.8. The lowest BCUT2D eigenvalue weighted by molar-refractivity contribution is -0.157. The highest BCUT2D eigenvalue weighted by atomic mass is 35.5. The van der Waals surface area contributed by atoms with Gasteiger partial charge >= 0.3 is 0 Å². The van der Waals surface area contributed by atoms with Gasteiger partial charge in [0.05, 0.1) is 29.7 Å². The van der Waals surface area contributed by atoms with Gasteiger partial charge < -0.3 is 10.1 Å². The Morgan fingerprint density at radius 3 is 2.68 bits per heavy atom. The molecule has 1 saturated carbocycles. The molecule has 0 aromatic heterocycles. The number of carbonyl (C=O) groups is 2. The maximum Gasteiger partial charge on any atom is 0.228 e. The van der Waals surface area contributed by atoms with E-state index in [-0.39, 0.29) is 34.9 Å². The van der Waals surface area contributed by atoms with Crippen LogP contribution in [0.2, 0.25) is 5.02 Å². The van der Waals surface area contributed by atoms with E-state index in [0.717, 1.165) is 31.7 Å². The number of amides is 1. The van der Waals surface area contributed by atoms with E-state index in [1.165, 1.54) is 12.1 Å². The quantitative estimate of drug-likeness (QED) is 0.866. The maximum atomic E-state index is 13.0. The fourth-order valence-corrected chi connectivity index (χ4v) is 3.46. The summed E-state index contributed by atoms with van der Waals surface area (Å²) in [6.07, 6.45) is 3.68. The first kappa shape index (κ1) is 15.4. The largest absolute Gasteiger partial charge is 0.377 e. The van der Waals surface area contributed by atoms with Crippen LogP contribution in [0.4, 0.5) is 4.39 Å². The van der Waals surface area contributed by atoms with Crippen LogP contribution < -0.4 is 5.32 Å². The van der Waals surface area contributed by atoms with Gasteiger partial charge in [0.2, 0.25) is 5.91 Å². The molecule has 0 atom stereocenters. The summed E-state index contributed by atoms with van der Waals surface area (Å²) in [6.45, 7) is 0.282. The van der Waals surface area contributed by atoms with Gasteiger partial charge in [-0.25, -0.2) is 4.39 Å². The number of hydrogen-bond acceptors (Lipinski definition) is 3. The fourth-order valence-electron chi connectivity index (χ4n) is 3.18. The predicted octanol–water partition coefficient (Wildman–Crippen LogP) is 2.74. The van der Waals surface area contributed by atoms with Gasteiger partial charge in [-0.15, -0.1) is 0 Å². The van der Waals surface area contributed by atoms with Crippen molar-refractivity contribution in [3.63, 3.8) is 0 Å². The first-order valence-corrected chi connectivity index (χ1v) is 7.76. The van der Waals surface area contributed by atoms with E-state index in [2.05, 4.69) is 5.32 Å². The Hall–Kier alpha value is -1.46. The van der Waals surface area contributed by atoms with Gasteiger partial charge in [0.25, 0.3) is 0 Å². The van der Waals surface area contributed by atoms with Crippen LogP contribution in [-0.4, -0.2) is 30.9 Å². The topological polar surface area (TPSA) is 55.4 Å². The fraction of sp³-hybridized carbons (Fsp3) is 0.500. The van der Waals surface area contributed by atoms with Gasteiger partial charge in [-0.2, -0.15) is 0 Å². The van der Waals surface area contributed by atoms with Gasteiger partial charge in [-0.05, 0) is 43.9 Å². The number of fused-ring (bicyclic) bond motifs is 3. The van der Waals surface area contributed by atoms with Gasteiger partial charge in [0, 0.05) is 5.56 Å². The summed E-state index contributed by atoms with van der Waals surface area (Å²) >= 11 is 5.86. The molecular formula is C16H17ClFNO3. The monoisotopic (exact) mass is 325 g/mol. The molecule has 2 bridgehead atoms. The number of hydrogen-bond donors (Lipinski definition) is 1. The van der Waals surface area contributed by atoms with Crippen molar-refractivity contribution in [1.82, 2.24) is 5.32 Å². The summed E-state index contributed by atoms with van der Waals surface area (Å²) < 4.78 is 18.6. The first-order chi connectivity index (χ1) is 10.5. The van der Waals surface area contributed by atoms with E-state index >= 15 is 0 Å². The number of ether oxygens (including phenoxy) is 1. The molecule has 0 spiro atoms. The molecule has 1 aromatic carbocycles. The van der Waals surface area contributed by atoms with E-state index < -0.39 is 11.2 Å². The molecule has 1 amide bonds. The highest BCUT2D eigenvalue weighted by molar-refractivity contribution is 6.34. The summed E-state index contributed by atoms with van der Waals surface area (Å²) in [5, 5.41) is 2.74. The summed E-state index contributed by atoms with van der Waals surface area (Å²) in [5.74, 6) is -0.974. The third-order valence-electron chi connectivity index (χ3n) is 4.61. The molecule has 3 fully saturated rings. The lowest BCUT2D eigenvalue weighted by Gasteiger charge is -2.44. The van der Waals surface area contributed by atoms with Crippen molar-refractivity contribution in [2.24, 2.45) is 5.41 Å². The van der Waals surface area contributed by atoms with Crippen molar-refractivity contribution in [3.05, 3.63) is 34.6 Å². The first-order valence-electron chi connectivity index (χ1n) is 7.38. The van der Waals surface area contributed by atoms with Crippen molar-refractivity contribution >= 4 is 23.3 Å². The lowest BCUT2D eigenvalue weighted by Crippen LogP contribution is -2.52. The van der Waals surface area contributed by atoms with Gasteiger partial charge in [0.1, 0.15) is 5.82 Å². The molecule has 3 aliphatic rings. The lowest BCUT2D eigenvalue weighted by atomic mass is 9.70. The highest BCUT2D eigenvalue weighted by Crippen LogP contribution is 2.43. The third-order valence-corrected chi connectivity index (χ3v) is 4.92. The summed E-state index contributed by atoms with van der Waals surface area (Å²) in [4.78, 5) is 24.5. The van der Waals surface area contributed by atoms with E-state index in [4.69, 9.17) is 16.3 Å². The second kappa shape index (κ2) is 5.97. The highest BCUT2D eigenvalue weighted by Gasteiger charge is 2.46. The van der Waals surface area contributed by atoms with E-state index in [9.17, 15) is 14.0 Å². The molecule has 4 rings (SSSR count). The van der Waals surface area contributed by atoms with Crippen LogP contribution in [-0.2, 0) is 9.53 Å². The third kappa shape index (κ3) is 2.88. The Kier molecular flexibility index (Phi) is 4.19. The molecule has 0 unspecified atom stereocenters. The van der Waals surface area contributed by atoms with Gasteiger partial charge in [-0.1, -0.05) is 11.6 Å². The number of halogens is 2. The summed E-state index contributed by atoms with van der Waals surface area (Å²) in [6, 6.07) is 3.60. The van der Waals surface area contributed by atoms with E-state index in [1.807, 2.05) is 0 Å². The van der Waals surface area contributed by atoms with Gasteiger partial charge in [-0.3, -0.25) is 9.59 Å². The smallest absolute Gasteiger partial charge is 0.228 e. The summed E-state index contributed by atoms with van der Waals surface area (Å²) in [5.41, 5.74) is -0.286. The second-order valence-electron chi connectivity index (χ2n) is 6.02. The number of benzene rings is 1. The van der Waals surface area contributed by atoms with Crippen molar-refractivity contribution in [2.45, 2.75) is 31.8 Å². The van der Waals surface area contributed by atoms with Crippen LogP contribution in [0.5, 0.6) is 0 Å². The van der Waals surface area contributed by atoms with Crippen LogP contribution in [0.25, 0.3) is 0 Å². The van der Waals surface area contributed by atoms with Crippen molar-refractivity contribution in [1.29, 1.82) is 0 Å². The molecule has 2 saturated heterocycles. The molecule has 22 heavy (non-hydrogen) atoms. The minimum atomic E-state index is -0.499. The molecule has 1 aliphatic carbocycles. The van der Waals surface area contributed by atoms with Gasteiger partial charge in [0.15, 0.2) is 5.78 Å². The van der Waals surface area contributed by atoms with Crippen molar-refractivity contribution in [2.75, 3.05) is 13.2 Å². The standard InChI is InChI=1S/C16H17ClFNO3/c17-13-7-10(18)1-2-12(13)14(20)8-19-15(21)16-5-3-11(4-6-16)22-9-16/h1-2,7,11H,3-6,8-9H2,(H,19,21). The molecular weight excluding hydrogens is 309 g/mol. The Morgan fingerprint density at radius 2 is 2.09 bits per heavy atom. The molecule has 1 aromatic rings. The predicted molar refractivity (Wildman–Crippen MR) is 79.4 cm³/mol. The molecule has 2 aliphatic heterocycles. The normalized spacial score (nSPS) is 26.7.